The van der Waals surface area contributed by atoms with Gasteiger partial charge in [0.25, 0.3) is 0 Å². The first-order chi connectivity index (χ1) is 12.2. The van der Waals surface area contributed by atoms with Crippen LogP contribution >= 0.6 is 0 Å². The Labute approximate surface area is 145 Å². The summed E-state index contributed by atoms with van der Waals surface area (Å²) in [6.07, 6.45) is 3.96. The topological polar surface area (TPSA) is 71.3 Å². The van der Waals surface area contributed by atoms with Crippen molar-refractivity contribution in [2.24, 2.45) is 0 Å². The minimum atomic E-state index is -0.352. The van der Waals surface area contributed by atoms with Gasteiger partial charge in [-0.2, -0.15) is 0 Å². The van der Waals surface area contributed by atoms with Crippen molar-refractivity contribution >= 4 is 17.4 Å². The molecule has 0 aliphatic heterocycles. The predicted molar refractivity (Wildman–Crippen MR) is 94.1 cm³/mol. The normalized spacial score (nSPS) is 10.8. The van der Waals surface area contributed by atoms with E-state index >= 15 is 0 Å². The molecule has 3 aromatic rings. The summed E-state index contributed by atoms with van der Waals surface area (Å²) in [4.78, 5) is 11.9. The van der Waals surface area contributed by atoms with Crippen molar-refractivity contribution in [2.75, 3.05) is 11.9 Å². The van der Waals surface area contributed by atoms with Crippen LogP contribution in [0.5, 0.6) is 0 Å². The summed E-state index contributed by atoms with van der Waals surface area (Å²) >= 11 is 0. The first kappa shape index (κ1) is 16.9. The Kier molecular flexibility index (Phi) is 5.23. The first-order valence-electron chi connectivity index (χ1n) is 8.29. The van der Waals surface area contributed by atoms with E-state index in [-0.39, 0.29) is 11.8 Å². The highest BCUT2D eigenvalue weighted by Gasteiger charge is 2.07. The monoisotopic (exact) mass is 341 g/mol. The molecule has 7 heteroatoms. The van der Waals surface area contributed by atoms with Crippen molar-refractivity contribution in [1.29, 1.82) is 0 Å². The summed E-state index contributed by atoms with van der Waals surface area (Å²) in [6, 6.07) is 10.1. The molecule has 1 aromatic carbocycles. The molecule has 0 saturated heterocycles. The Hall–Kier alpha value is -2.96. The molecule has 130 valence electrons. The number of fused-ring (bicyclic) bond motifs is 1. The Morgan fingerprint density at radius 3 is 2.92 bits per heavy atom. The van der Waals surface area contributed by atoms with E-state index in [0.29, 0.717) is 30.6 Å². The molecule has 0 unspecified atom stereocenters. The largest absolute Gasteiger partial charge is 0.338 e. The van der Waals surface area contributed by atoms with Crippen molar-refractivity contribution in [3.63, 3.8) is 0 Å². The average molecular weight is 341 g/mol. The second kappa shape index (κ2) is 7.74. The van der Waals surface area contributed by atoms with Crippen LogP contribution in [0.2, 0.25) is 0 Å². The van der Waals surface area contributed by atoms with Gasteiger partial charge in [-0.05, 0) is 42.7 Å². The molecule has 6 nitrogen and oxygen atoms in total. The Bertz CT molecular complexity index is 877. The fourth-order valence-corrected chi connectivity index (χ4v) is 2.60. The van der Waals surface area contributed by atoms with Gasteiger partial charge in [0.2, 0.25) is 0 Å². The Morgan fingerprint density at radius 1 is 1.24 bits per heavy atom. The number of rotatable bonds is 6. The van der Waals surface area contributed by atoms with Crippen LogP contribution in [0.15, 0.2) is 42.6 Å². The third-order valence-electron chi connectivity index (χ3n) is 3.94. The van der Waals surface area contributed by atoms with Crippen LogP contribution in [-0.4, -0.2) is 27.2 Å². The molecule has 0 spiro atoms. The molecule has 0 radical (unpaired) electrons. The number of carbonyl (C=O) groups is 1. The number of amides is 2. The molecule has 2 heterocycles. The SMILES string of the molecule is CCc1ccc(NC(=O)NCCCc2nnc3ccccn23)cc1F. The highest BCUT2D eigenvalue weighted by atomic mass is 19.1. The molecule has 0 fully saturated rings. The number of hydrogen-bond donors (Lipinski definition) is 2. The van der Waals surface area contributed by atoms with Gasteiger partial charge in [-0.25, -0.2) is 9.18 Å². The van der Waals surface area contributed by atoms with E-state index in [1.807, 2.05) is 35.7 Å². The quantitative estimate of drug-likeness (QED) is 0.677. The predicted octanol–water partition coefficient (Wildman–Crippen LogP) is 3.19. The maximum absolute atomic E-state index is 13.7. The fraction of sp³-hybridized carbons (Fsp3) is 0.278. The van der Waals surface area contributed by atoms with Crippen LogP contribution in [0, 0.1) is 5.82 Å². The number of nitrogens with one attached hydrogen (secondary N) is 2. The highest BCUT2D eigenvalue weighted by molar-refractivity contribution is 5.89. The lowest BCUT2D eigenvalue weighted by Gasteiger charge is -2.08. The second-order valence-electron chi connectivity index (χ2n) is 5.69. The van der Waals surface area contributed by atoms with Crippen LogP contribution in [-0.2, 0) is 12.8 Å². The minimum Gasteiger partial charge on any atom is -0.338 e. The van der Waals surface area contributed by atoms with Gasteiger partial charge in [-0.15, -0.1) is 10.2 Å². The van der Waals surface area contributed by atoms with Crippen molar-refractivity contribution in [3.05, 3.63) is 59.8 Å². The molecule has 0 atom stereocenters. The number of aromatic nitrogens is 3. The number of pyridine rings is 1. The van der Waals surface area contributed by atoms with Gasteiger partial charge in [0.15, 0.2) is 5.65 Å². The maximum atomic E-state index is 13.7. The zero-order chi connectivity index (χ0) is 17.6. The average Bonchev–Trinajstić information content (AvgIpc) is 3.02. The summed E-state index contributed by atoms with van der Waals surface area (Å²) in [5, 5.41) is 13.6. The number of benzene rings is 1. The molecule has 2 N–H and O–H groups in total. The Morgan fingerprint density at radius 2 is 2.12 bits per heavy atom. The zero-order valence-corrected chi connectivity index (χ0v) is 14.0. The second-order valence-corrected chi connectivity index (χ2v) is 5.69. The van der Waals surface area contributed by atoms with Crippen molar-refractivity contribution in [3.8, 4) is 0 Å². The summed E-state index contributed by atoms with van der Waals surface area (Å²) in [6.45, 7) is 2.37. The van der Waals surface area contributed by atoms with Gasteiger partial charge in [-0.1, -0.05) is 19.1 Å². The summed E-state index contributed by atoms with van der Waals surface area (Å²) in [7, 11) is 0. The van der Waals surface area contributed by atoms with E-state index in [1.165, 1.54) is 6.07 Å². The molecule has 0 aliphatic carbocycles. The summed E-state index contributed by atoms with van der Waals surface area (Å²) in [5.74, 6) is 0.550. The molecule has 0 saturated carbocycles. The van der Waals surface area contributed by atoms with E-state index in [2.05, 4.69) is 20.8 Å². The summed E-state index contributed by atoms with van der Waals surface area (Å²) < 4.78 is 15.6. The number of nitrogens with zero attached hydrogens (tertiary/aromatic N) is 3. The lowest BCUT2D eigenvalue weighted by molar-refractivity contribution is 0.252. The van der Waals surface area contributed by atoms with Crippen LogP contribution in [0.1, 0.15) is 24.7 Å². The van der Waals surface area contributed by atoms with Gasteiger partial charge < -0.3 is 10.6 Å². The van der Waals surface area contributed by atoms with E-state index < -0.39 is 0 Å². The van der Waals surface area contributed by atoms with Crippen LogP contribution in [0.25, 0.3) is 5.65 Å². The number of urea groups is 1. The van der Waals surface area contributed by atoms with E-state index in [9.17, 15) is 9.18 Å². The number of halogens is 1. The van der Waals surface area contributed by atoms with Crippen LogP contribution in [0.4, 0.5) is 14.9 Å². The van der Waals surface area contributed by atoms with E-state index in [1.54, 1.807) is 12.1 Å². The molecular weight excluding hydrogens is 321 g/mol. The molecule has 3 rings (SSSR count). The maximum Gasteiger partial charge on any atom is 0.319 e. The molecule has 0 aliphatic rings. The number of aryl methyl sites for hydroxylation is 2. The van der Waals surface area contributed by atoms with Crippen LogP contribution in [0.3, 0.4) is 0 Å². The molecule has 2 amide bonds. The van der Waals surface area contributed by atoms with Gasteiger partial charge in [-0.3, -0.25) is 4.40 Å². The van der Waals surface area contributed by atoms with Crippen molar-refractivity contribution < 1.29 is 9.18 Å². The van der Waals surface area contributed by atoms with Crippen molar-refractivity contribution in [2.45, 2.75) is 26.2 Å². The lowest BCUT2D eigenvalue weighted by Crippen LogP contribution is -2.29. The lowest BCUT2D eigenvalue weighted by atomic mass is 10.1. The highest BCUT2D eigenvalue weighted by Crippen LogP contribution is 2.14. The van der Waals surface area contributed by atoms with Gasteiger partial charge in [0, 0.05) is 24.8 Å². The van der Waals surface area contributed by atoms with Gasteiger partial charge >= 0.3 is 6.03 Å². The number of hydrogen-bond acceptors (Lipinski definition) is 3. The molecule has 25 heavy (non-hydrogen) atoms. The summed E-state index contributed by atoms with van der Waals surface area (Å²) in [5.41, 5.74) is 1.88. The Balaban J connectivity index is 1.46. The smallest absolute Gasteiger partial charge is 0.319 e. The van der Waals surface area contributed by atoms with Gasteiger partial charge in [0.1, 0.15) is 11.6 Å². The van der Waals surface area contributed by atoms with Gasteiger partial charge in [0.05, 0.1) is 0 Å². The van der Waals surface area contributed by atoms with Crippen LogP contribution < -0.4 is 10.6 Å². The fourth-order valence-electron chi connectivity index (χ4n) is 2.60. The molecule has 2 aromatic heterocycles. The molecule has 0 bridgehead atoms. The zero-order valence-electron chi connectivity index (χ0n) is 14.0. The van der Waals surface area contributed by atoms with E-state index in [0.717, 1.165) is 17.9 Å². The van der Waals surface area contributed by atoms with E-state index in [4.69, 9.17) is 0 Å². The number of anilines is 1. The number of carbonyl (C=O) groups excluding carboxylic acids is 1. The minimum absolute atomic E-state index is 0.306. The first-order valence-corrected chi connectivity index (χ1v) is 8.29. The standard InChI is InChI=1S/C18H20FN5O/c1-2-13-8-9-14(12-15(13)19)21-18(25)20-10-5-7-17-23-22-16-6-3-4-11-24(16)17/h3-4,6,8-9,11-12H,2,5,7,10H2,1H3,(H2,20,21,25). The van der Waals surface area contributed by atoms with Crippen molar-refractivity contribution in [1.82, 2.24) is 19.9 Å². The third kappa shape index (κ3) is 4.12. The third-order valence-corrected chi connectivity index (χ3v) is 3.94. The molecular formula is C18H20FN5O.